The number of carbonyl (C=O) groups is 3. The summed E-state index contributed by atoms with van der Waals surface area (Å²) in [7, 11) is 0. The standard InChI is InChI=1S/C28H23IN2O4S/c1-2-24(27(33)30-19-14-12-18(29)13-15-19)36-21-9-5-8-20(16-21)31-26(32)22-10-3-6-17-7-4-11-23(25(17)22)28(34)35/h3-16,24H,2H2,1H3,(H,30,33)(H,31,32)(H,34,35). The van der Waals surface area contributed by atoms with Gasteiger partial charge in [-0.2, -0.15) is 0 Å². The van der Waals surface area contributed by atoms with E-state index >= 15 is 0 Å². The van der Waals surface area contributed by atoms with Gasteiger partial charge in [0.05, 0.1) is 10.8 Å². The largest absolute Gasteiger partial charge is 0.478 e. The van der Waals surface area contributed by atoms with Crippen molar-refractivity contribution in [3.05, 3.63) is 99.6 Å². The van der Waals surface area contributed by atoms with Crippen LogP contribution < -0.4 is 10.6 Å². The van der Waals surface area contributed by atoms with Crippen molar-refractivity contribution in [1.82, 2.24) is 0 Å². The van der Waals surface area contributed by atoms with Crippen molar-refractivity contribution < 1.29 is 19.5 Å². The van der Waals surface area contributed by atoms with E-state index in [1.54, 1.807) is 36.4 Å². The van der Waals surface area contributed by atoms with Gasteiger partial charge in [-0.15, -0.1) is 11.8 Å². The number of amides is 2. The van der Waals surface area contributed by atoms with Gasteiger partial charge in [0.15, 0.2) is 0 Å². The lowest BCUT2D eigenvalue weighted by atomic mass is 9.98. The summed E-state index contributed by atoms with van der Waals surface area (Å²) in [6, 6.07) is 24.9. The van der Waals surface area contributed by atoms with E-state index in [0.717, 1.165) is 14.2 Å². The number of benzene rings is 4. The molecule has 6 nitrogen and oxygen atoms in total. The van der Waals surface area contributed by atoms with Gasteiger partial charge in [-0.1, -0.05) is 37.3 Å². The van der Waals surface area contributed by atoms with Gasteiger partial charge in [-0.25, -0.2) is 4.79 Å². The van der Waals surface area contributed by atoms with Gasteiger partial charge in [-0.3, -0.25) is 9.59 Å². The molecule has 2 amide bonds. The molecule has 0 heterocycles. The molecule has 4 rings (SSSR count). The van der Waals surface area contributed by atoms with Crippen LogP contribution in [0.3, 0.4) is 0 Å². The normalized spacial score (nSPS) is 11.6. The van der Waals surface area contributed by atoms with Gasteiger partial charge >= 0.3 is 5.97 Å². The molecular formula is C28H23IN2O4S. The van der Waals surface area contributed by atoms with E-state index in [0.29, 0.717) is 22.9 Å². The predicted molar refractivity (Wildman–Crippen MR) is 153 cm³/mol. The molecule has 0 saturated carbocycles. The maximum absolute atomic E-state index is 13.2. The molecule has 0 radical (unpaired) electrons. The van der Waals surface area contributed by atoms with E-state index in [2.05, 4.69) is 33.2 Å². The van der Waals surface area contributed by atoms with Gasteiger partial charge in [0.25, 0.3) is 5.91 Å². The van der Waals surface area contributed by atoms with Crippen LogP contribution >= 0.6 is 34.4 Å². The summed E-state index contributed by atoms with van der Waals surface area (Å²) in [6.45, 7) is 1.96. The van der Waals surface area contributed by atoms with Crippen LogP contribution in [0.2, 0.25) is 0 Å². The molecule has 0 aliphatic rings. The molecule has 3 N–H and O–H groups in total. The monoisotopic (exact) mass is 610 g/mol. The molecular weight excluding hydrogens is 587 g/mol. The Morgan fingerprint density at radius 1 is 0.861 bits per heavy atom. The van der Waals surface area contributed by atoms with Gasteiger partial charge in [0, 0.05) is 30.8 Å². The van der Waals surface area contributed by atoms with Gasteiger partial charge in [0.1, 0.15) is 0 Å². The molecule has 182 valence electrons. The Morgan fingerprint density at radius 3 is 2.19 bits per heavy atom. The zero-order valence-corrected chi connectivity index (χ0v) is 22.3. The number of carboxylic acid groups (broad SMARTS) is 1. The number of rotatable bonds is 8. The van der Waals surface area contributed by atoms with Crippen molar-refractivity contribution >= 4 is 74.3 Å². The van der Waals surface area contributed by atoms with Gasteiger partial charge < -0.3 is 15.7 Å². The highest BCUT2D eigenvalue weighted by Crippen LogP contribution is 2.30. The lowest BCUT2D eigenvalue weighted by molar-refractivity contribution is -0.115. The first-order chi connectivity index (χ1) is 17.4. The Bertz CT molecular complexity index is 1430. The first kappa shape index (κ1) is 25.7. The van der Waals surface area contributed by atoms with E-state index in [1.165, 1.54) is 17.8 Å². The molecule has 1 atom stereocenters. The van der Waals surface area contributed by atoms with Crippen LogP contribution in [-0.2, 0) is 4.79 Å². The molecule has 4 aromatic rings. The number of hydrogen-bond acceptors (Lipinski definition) is 4. The summed E-state index contributed by atoms with van der Waals surface area (Å²) in [5.41, 5.74) is 1.67. The molecule has 36 heavy (non-hydrogen) atoms. The van der Waals surface area contributed by atoms with Crippen molar-refractivity contribution in [3.63, 3.8) is 0 Å². The minimum Gasteiger partial charge on any atom is -0.478 e. The van der Waals surface area contributed by atoms with Crippen LogP contribution in [0.5, 0.6) is 0 Å². The summed E-state index contributed by atoms with van der Waals surface area (Å²) in [6.07, 6.45) is 0.630. The minimum absolute atomic E-state index is 0.0764. The second-order valence-electron chi connectivity index (χ2n) is 8.01. The lowest BCUT2D eigenvalue weighted by Crippen LogP contribution is -2.24. The second kappa shape index (κ2) is 11.6. The Kier molecular flexibility index (Phi) is 8.27. The minimum atomic E-state index is -1.09. The molecule has 0 spiro atoms. The Morgan fingerprint density at radius 2 is 1.53 bits per heavy atom. The third kappa shape index (κ3) is 6.06. The molecule has 0 fully saturated rings. The maximum atomic E-state index is 13.2. The summed E-state index contributed by atoms with van der Waals surface area (Å²) in [5, 5.41) is 16.2. The number of carboxylic acids is 1. The van der Waals surface area contributed by atoms with Crippen LogP contribution in [0, 0.1) is 3.57 Å². The predicted octanol–water partition coefficient (Wildman–Crippen LogP) is 6.90. The Labute approximate surface area is 226 Å². The summed E-state index contributed by atoms with van der Waals surface area (Å²) in [5.74, 6) is -1.58. The zero-order valence-electron chi connectivity index (χ0n) is 19.3. The molecule has 0 aromatic heterocycles. The van der Waals surface area contributed by atoms with Crippen molar-refractivity contribution in [3.8, 4) is 0 Å². The number of thioether (sulfide) groups is 1. The third-order valence-corrected chi connectivity index (χ3v) is 7.60. The number of nitrogens with one attached hydrogen (secondary N) is 2. The highest BCUT2D eigenvalue weighted by Gasteiger charge is 2.19. The molecule has 0 bridgehead atoms. The van der Waals surface area contributed by atoms with Crippen molar-refractivity contribution in [1.29, 1.82) is 0 Å². The highest BCUT2D eigenvalue weighted by atomic mass is 127. The van der Waals surface area contributed by atoms with Crippen LogP contribution in [0.1, 0.15) is 34.1 Å². The number of aromatic carboxylic acids is 1. The third-order valence-electron chi connectivity index (χ3n) is 5.52. The zero-order chi connectivity index (χ0) is 25.7. The summed E-state index contributed by atoms with van der Waals surface area (Å²) in [4.78, 5) is 38.6. The van der Waals surface area contributed by atoms with Crippen LogP contribution in [0.4, 0.5) is 11.4 Å². The Balaban J connectivity index is 1.51. The average molecular weight is 610 g/mol. The topological polar surface area (TPSA) is 95.5 Å². The molecule has 1 unspecified atom stereocenters. The number of halogens is 1. The van der Waals surface area contributed by atoms with Crippen molar-refractivity contribution in [2.75, 3.05) is 10.6 Å². The summed E-state index contributed by atoms with van der Waals surface area (Å²) < 4.78 is 1.09. The lowest BCUT2D eigenvalue weighted by Gasteiger charge is -2.16. The van der Waals surface area contributed by atoms with Gasteiger partial charge in [-0.05, 0) is 89.0 Å². The smallest absolute Gasteiger partial charge is 0.336 e. The quantitative estimate of drug-likeness (QED) is 0.149. The first-order valence-corrected chi connectivity index (χ1v) is 13.2. The Hall–Kier alpha value is -3.37. The van der Waals surface area contributed by atoms with Gasteiger partial charge in [0.2, 0.25) is 5.91 Å². The van der Waals surface area contributed by atoms with Crippen molar-refractivity contribution in [2.45, 2.75) is 23.5 Å². The van der Waals surface area contributed by atoms with E-state index in [-0.39, 0.29) is 22.3 Å². The number of carbonyl (C=O) groups excluding carboxylic acids is 2. The maximum Gasteiger partial charge on any atom is 0.336 e. The number of fused-ring (bicyclic) bond motifs is 1. The first-order valence-electron chi connectivity index (χ1n) is 11.2. The molecule has 0 aliphatic carbocycles. The van der Waals surface area contributed by atoms with E-state index in [1.807, 2.05) is 49.4 Å². The van der Waals surface area contributed by atoms with Crippen LogP contribution in [0.25, 0.3) is 10.8 Å². The molecule has 4 aromatic carbocycles. The molecule has 0 saturated heterocycles. The highest BCUT2D eigenvalue weighted by molar-refractivity contribution is 14.1. The number of anilines is 2. The van der Waals surface area contributed by atoms with E-state index in [4.69, 9.17) is 0 Å². The summed E-state index contributed by atoms with van der Waals surface area (Å²) >= 11 is 3.64. The fourth-order valence-corrected chi connectivity index (χ4v) is 5.17. The van der Waals surface area contributed by atoms with Crippen LogP contribution in [0.15, 0.2) is 89.8 Å². The van der Waals surface area contributed by atoms with Crippen molar-refractivity contribution in [2.24, 2.45) is 0 Å². The van der Waals surface area contributed by atoms with Crippen LogP contribution in [-0.4, -0.2) is 28.1 Å². The average Bonchev–Trinajstić information content (AvgIpc) is 2.88. The second-order valence-corrected chi connectivity index (χ2v) is 10.5. The molecule has 8 heteroatoms. The van der Waals surface area contributed by atoms with E-state index in [9.17, 15) is 19.5 Å². The molecule has 0 aliphatic heterocycles. The number of hydrogen-bond donors (Lipinski definition) is 3. The van der Waals surface area contributed by atoms with E-state index < -0.39 is 11.9 Å². The fourth-order valence-electron chi connectivity index (χ4n) is 3.80. The fraction of sp³-hybridized carbons (Fsp3) is 0.107. The SMILES string of the molecule is CCC(Sc1cccc(NC(=O)c2cccc3cccc(C(=O)O)c23)c1)C(=O)Nc1ccc(I)cc1.